The van der Waals surface area contributed by atoms with Crippen LogP contribution >= 0.6 is 11.6 Å². The molecular formula is C17H20ClNO. The topological polar surface area (TPSA) is 21.3 Å². The number of benzene rings is 2. The molecule has 0 aliphatic heterocycles. The van der Waals surface area contributed by atoms with Crippen LogP contribution in [0.2, 0.25) is 5.02 Å². The van der Waals surface area contributed by atoms with Crippen LogP contribution in [-0.2, 0) is 6.54 Å². The summed E-state index contributed by atoms with van der Waals surface area (Å²) >= 11 is 6.22. The van der Waals surface area contributed by atoms with Crippen LogP contribution in [0, 0.1) is 0 Å². The fourth-order valence-electron chi connectivity index (χ4n) is 2.08. The smallest absolute Gasteiger partial charge is 0.125 e. The van der Waals surface area contributed by atoms with Crippen molar-refractivity contribution in [1.29, 1.82) is 0 Å². The van der Waals surface area contributed by atoms with Gasteiger partial charge in [-0.25, -0.2) is 0 Å². The average Bonchev–Trinajstić information content (AvgIpc) is 2.46. The monoisotopic (exact) mass is 289 g/mol. The lowest BCUT2D eigenvalue weighted by atomic mass is 10.0. The van der Waals surface area contributed by atoms with Crippen molar-refractivity contribution in [2.75, 3.05) is 12.4 Å². The minimum atomic E-state index is 0.549. The maximum atomic E-state index is 6.22. The van der Waals surface area contributed by atoms with Crippen LogP contribution < -0.4 is 10.1 Å². The Morgan fingerprint density at radius 1 is 1.10 bits per heavy atom. The number of ether oxygens (including phenoxy) is 1. The molecule has 2 nitrogen and oxygen atoms in total. The van der Waals surface area contributed by atoms with Crippen LogP contribution in [0.1, 0.15) is 30.9 Å². The van der Waals surface area contributed by atoms with Gasteiger partial charge in [0.1, 0.15) is 5.75 Å². The summed E-state index contributed by atoms with van der Waals surface area (Å²) in [6.07, 6.45) is 0. The normalized spacial score (nSPS) is 10.7. The third-order valence-electron chi connectivity index (χ3n) is 3.34. The van der Waals surface area contributed by atoms with Crippen molar-refractivity contribution >= 4 is 17.3 Å². The van der Waals surface area contributed by atoms with Gasteiger partial charge in [0.2, 0.25) is 0 Å². The van der Waals surface area contributed by atoms with Crippen LogP contribution in [0.3, 0.4) is 0 Å². The maximum Gasteiger partial charge on any atom is 0.125 e. The molecule has 0 heterocycles. The lowest BCUT2D eigenvalue weighted by molar-refractivity contribution is 0.410. The summed E-state index contributed by atoms with van der Waals surface area (Å²) in [5, 5.41) is 4.10. The molecule has 2 aromatic carbocycles. The van der Waals surface area contributed by atoms with Gasteiger partial charge in [-0.1, -0.05) is 43.6 Å². The highest BCUT2D eigenvalue weighted by Crippen LogP contribution is 2.27. The molecule has 0 saturated heterocycles. The van der Waals surface area contributed by atoms with E-state index in [0.29, 0.717) is 12.5 Å². The largest absolute Gasteiger partial charge is 0.496 e. The Morgan fingerprint density at radius 2 is 1.80 bits per heavy atom. The van der Waals surface area contributed by atoms with E-state index in [1.54, 1.807) is 7.11 Å². The molecule has 20 heavy (non-hydrogen) atoms. The van der Waals surface area contributed by atoms with E-state index in [2.05, 4.69) is 43.4 Å². The van der Waals surface area contributed by atoms with Gasteiger partial charge in [-0.2, -0.15) is 0 Å². The second kappa shape index (κ2) is 6.67. The minimum Gasteiger partial charge on any atom is -0.496 e. The summed E-state index contributed by atoms with van der Waals surface area (Å²) in [6.45, 7) is 5.03. The van der Waals surface area contributed by atoms with Crippen LogP contribution in [0.15, 0.2) is 42.5 Å². The van der Waals surface area contributed by atoms with Crippen molar-refractivity contribution in [3.63, 3.8) is 0 Å². The summed E-state index contributed by atoms with van der Waals surface area (Å²) in [6, 6.07) is 14.2. The van der Waals surface area contributed by atoms with Gasteiger partial charge in [0.05, 0.1) is 7.11 Å². The van der Waals surface area contributed by atoms with Gasteiger partial charge in [0, 0.05) is 22.8 Å². The summed E-state index contributed by atoms with van der Waals surface area (Å²) in [7, 11) is 1.66. The SMILES string of the molecule is COc1cccc(Cl)c1CNc1ccc(C(C)C)cc1. The van der Waals surface area contributed by atoms with Gasteiger partial charge < -0.3 is 10.1 Å². The van der Waals surface area contributed by atoms with Crippen molar-refractivity contribution in [2.45, 2.75) is 26.3 Å². The lowest BCUT2D eigenvalue weighted by Crippen LogP contribution is -2.02. The minimum absolute atomic E-state index is 0.549. The zero-order chi connectivity index (χ0) is 14.5. The van der Waals surface area contributed by atoms with E-state index < -0.39 is 0 Å². The van der Waals surface area contributed by atoms with E-state index in [1.165, 1.54) is 5.56 Å². The number of hydrogen-bond acceptors (Lipinski definition) is 2. The molecule has 0 radical (unpaired) electrons. The van der Waals surface area contributed by atoms with Crippen molar-refractivity contribution < 1.29 is 4.74 Å². The quantitative estimate of drug-likeness (QED) is 0.828. The summed E-state index contributed by atoms with van der Waals surface area (Å²) in [4.78, 5) is 0. The second-order valence-corrected chi connectivity index (χ2v) is 5.46. The second-order valence-electron chi connectivity index (χ2n) is 5.05. The van der Waals surface area contributed by atoms with Gasteiger partial charge in [-0.05, 0) is 35.7 Å². The molecule has 0 aromatic heterocycles. The van der Waals surface area contributed by atoms with E-state index in [9.17, 15) is 0 Å². The molecule has 0 spiro atoms. The molecule has 3 heteroatoms. The zero-order valence-corrected chi connectivity index (χ0v) is 12.9. The third-order valence-corrected chi connectivity index (χ3v) is 3.70. The van der Waals surface area contributed by atoms with Crippen molar-refractivity contribution in [3.8, 4) is 5.75 Å². The summed E-state index contributed by atoms with van der Waals surface area (Å²) in [5.41, 5.74) is 3.40. The van der Waals surface area contributed by atoms with E-state index >= 15 is 0 Å². The first-order valence-corrected chi connectivity index (χ1v) is 7.15. The number of halogens is 1. The summed E-state index contributed by atoms with van der Waals surface area (Å²) < 4.78 is 5.34. The number of methoxy groups -OCH3 is 1. The summed E-state index contributed by atoms with van der Waals surface area (Å²) in [5.74, 6) is 1.36. The van der Waals surface area contributed by atoms with Crippen molar-refractivity contribution in [1.82, 2.24) is 0 Å². The number of rotatable bonds is 5. The van der Waals surface area contributed by atoms with E-state index in [0.717, 1.165) is 22.0 Å². The molecule has 0 aliphatic carbocycles. The highest BCUT2D eigenvalue weighted by atomic mass is 35.5. The number of nitrogens with one attached hydrogen (secondary N) is 1. The Morgan fingerprint density at radius 3 is 2.40 bits per heavy atom. The van der Waals surface area contributed by atoms with Crippen LogP contribution in [-0.4, -0.2) is 7.11 Å². The highest BCUT2D eigenvalue weighted by Gasteiger charge is 2.07. The Hall–Kier alpha value is -1.67. The van der Waals surface area contributed by atoms with Crippen LogP contribution in [0.4, 0.5) is 5.69 Å². The molecule has 106 valence electrons. The first-order valence-electron chi connectivity index (χ1n) is 6.77. The molecule has 0 atom stereocenters. The van der Waals surface area contributed by atoms with Crippen LogP contribution in [0.5, 0.6) is 5.75 Å². The predicted molar refractivity (Wildman–Crippen MR) is 85.9 cm³/mol. The van der Waals surface area contributed by atoms with Gasteiger partial charge in [-0.3, -0.25) is 0 Å². The molecule has 0 unspecified atom stereocenters. The average molecular weight is 290 g/mol. The van der Waals surface area contributed by atoms with Crippen molar-refractivity contribution in [2.24, 2.45) is 0 Å². The van der Waals surface area contributed by atoms with Gasteiger partial charge in [0.25, 0.3) is 0 Å². The van der Waals surface area contributed by atoms with E-state index in [1.807, 2.05) is 18.2 Å². The Labute approximate surface area is 125 Å². The molecule has 2 aromatic rings. The Bertz CT molecular complexity index is 564. The zero-order valence-electron chi connectivity index (χ0n) is 12.1. The predicted octanol–water partition coefficient (Wildman–Crippen LogP) is 5.08. The Balaban J connectivity index is 2.09. The van der Waals surface area contributed by atoms with Gasteiger partial charge in [-0.15, -0.1) is 0 Å². The first kappa shape index (κ1) is 14.7. The number of anilines is 1. The van der Waals surface area contributed by atoms with Crippen molar-refractivity contribution in [3.05, 3.63) is 58.6 Å². The van der Waals surface area contributed by atoms with E-state index in [-0.39, 0.29) is 0 Å². The Kier molecular flexibility index (Phi) is 4.91. The molecular weight excluding hydrogens is 270 g/mol. The molecule has 2 rings (SSSR count). The maximum absolute atomic E-state index is 6.22. The standard InChI is InChI=1S/C17H20ClNO/c1-12(2)13-7-9-14(10-8-13)19-11-15-16(18)5-4-6-17(15)20-3/h4-10,12,19H,11H2,1-3H3. The highest BCUT2D eigenvalue weighted by molar-refractivity contribution is 6.31. The van der Waals surface area contributed by atoms with Gasteiger partial charge >= 0.3 is 0 Å². The van der Waals surface area contributed by atoms with E-state index in [4.69, 9.17) is 16.3 Å². The lowest BCUT2D eigenvalue weighted by Gasteiger charge is -2.13. The molecule has 0 amide bonds. The first-order chi connectivity index (χ1) is 9.61. The molecule has 0 fully saturated rings. The third kappa shape index (κ3) is 3.45. The molecule has 0 bridgehead atoms. The number of hydrogen-bond donors (Lipinski definition) is 1. The molecule has 0 aliphatic rings. The van der Waals surface area contributed by atoms with Crippen LogP contribution in [0.25, 0.3) is 0 Å². The fraction of sp³-hybridized carbons (Fsp3) is 0.294. The molecule has 1 N–H and O–H groups in total. The van der Waals surface area contributed by atoms with Gasteiger partial charge in [0.15, 0.2) is 0 Å². The fourth-order valence-corrected chi connectivity index (χ4v) is 2.31. The molecule has 0 saturated carbocycles.